The maximum atomic E-state index is 12.9. The van der Waals surface area contributed by atoms with Gasteiger partial charge in [-0.1, -0.05) is 0 Å². The number of nitrogens with zero attached hydrogens (tertiary/aromatic N) is 4. The first-order chi connectivity index (χ1) is 12.7. The van der Waals surface area contributed by atoms with Crippen molar-refractivity contribution in [1.82, 2.24) is 19.5 Å². The van der Waals surface area contributed by atoms with E-state index >= 15 is 0 Å². The van der Waals surface area contributed by atoms with Gasteiger partial charge in [0.2, 0.25) is 0 Å². The molecule has 11 heteroatoms. The number of hydrogen-bond acceptors (Lipinski definition) is 6. The zero-order valence-electron chi connectivity index (χ0n) is 14.8. The zero-order valence-corrected chi connectivity index (χ0v) is 14.8. The van der Waals surface area contributed by atoms with Crippen LogP contribution in [-0.2, 0) is 12.7 Å². The molecule has 2 aromatic heterocycles. The van der Waals surface area contributed by atoms with Crippen LogP contribution in [-0.4, -0.2) is 38.7 Å². The Morgan fingerprint density at radius 1 is 1.30 bits per heavy atom. The standard InChI is InChI=1S/C16H19F3N6O2/c1-3-25-14(26)7-13(23-15(25)27)24-5-4-10(8-24)22-12-6-11(16(17,18)19)20-9(2)21-12/h6-7,10H,3-5,8H2,1-2H3,(H,23,27)(H,20,21,22)/t10-/m1/s1. The number of aromatic amines is 1. The zero-order chi connectivity index (χ0) is 19.8. The summed E-state index contributed by atoms with van der Waals surface area (Å²) < 4.78 is 39.8. The summed E-state index contributed by atoms with van der Waals surface area (Å²) in [6, 6.07) is 2.04. The highest BCUT2D eigenvalue weighted by molar-refractivity contribution is 5.43. The second kappa shape index (κ2) is 7.05. The summed E-state index contributed by atoms with van der Waals surface area (Å²) in [6.45, 7) is 4.32. The first kappa shape index (κ1) is 18.9. The van der Waals surface area contributed by atoms with Gasteiger partial charge in [0.15, 0.2) is 0 Å². The number of rotatable bonds is 4. The highest BCUT2D eigenvalue weighted by Gasteiger charge is 2.34. The topological polar surface area (TPSA) is 95.9 Å². The van der Waals surface area contributed by atoms with E-state index in [1.807, 2.05) is 0 Å². The quantitative estimate of drug-likeness (QED) is 0.827. The summed E-state index contributed by atoms with van der Waals surface area (Å²) >= 11 is 0. The lowest BCUT2D eigenvalue weighted by Gasteiger charge is -2.19. The number of nitrogens with one attached hydrogen (secondary N) is 2. The predicted molar refractivity (Wildman–Crippen MR) is 93.0 cm³/mol. The van der Waals surface area contributed by atoms with Crippen LogP contribution in [0.2, 0.25) is 0 Å². The lowest BCUT2D eigenvalue weighted by molar-refractivity contribution is -0.141. The molecule has 0 bridgehead atoms. The van der Waals surface area contributed by atoms with Crippen LogP contribution in [0, 0.1) is 6.92 Å². The van der Waals surface area contributed by atoms with E-state index in [2.05, 4.69) is 20.3 Å². The molecule has 0 saturated carbocycles. The Morgan fingerprint density at radius 3 is 2.67 bits per heavy atom. The Morgan fingerprint density at radius 2 is 2.04 bits per heavy atom. The Balaban J connectivity index is 1.75. The van der Waals surface area contributed by atoms with Gasteiger partial charge in [-0.3, -0.25) is 14.3 Å². The lowest BCUT2D eigenvalue weighted by Crippen LogP contribution is -2.37. The van der Waals surface area contributed by atoms with E-state index in [-0.39, 0.29) is 24.2 Å². The summed E-state index contributed by atoms with van der Waals surface area (Å²) in [5.74, 6) is 0.514. The molecule has 0 spiro atoms. The Labute approximate surface area is 152 Å². The molecule has 8 nitrogen and oxygen atoms in total. The number of alkyl halides is 3. The van der Waals surface area contributed by atoms with Crippen molar-refractivity contribution in [1.29, 1.82) is 0 Å². The number of anilines is 2. The summed E-state index contributed by atoms with van der Waals surface area (Å²) in [7, 11) is 0. The molecule has 2 N–H and O–H groups in total. The van der Waals surface area contributed by atoms with Gasteiger partial charge in [-0.2, -0.15) is 13.2 Å². The van der Waals surface area contributed by atoms with Crippen LogP contribution in [0.1, 0.15) is 24.9 Å². The minimum Gasteiger partial charge on any atom is -0.365 e. The van der Waals surface area contributed by atoms with Crippen molar-refractivity contribution in [2.24, 2.45) is 0 Å². The molecule has 0 radical (unpaired) electrons. The number of aromatic nitrogens is 4. The van der Waals surface area contributed by atoms with Crippen LogP contribution in [0.4, 0.5) is 24.8 Å². The monoisotopic (exact) mass is 384 g/mol. The molecule has 1 saturated heterocycles. The van der Waals surface area contributed by atoms with E-state index in [1.165, 1.54) is 13.0 Å². The van der Waals surface area contributed by atoms with Crippen molar-refractivity contribution < 1.29 is 13.2 Å². The van der Waals surface area contributed by atoms with Gasteiger partial charge < -0.3 is 10.2 Å². The third-order valence-corrected chi connectivity index (χ3v) is 4.33. The molecule has 1 atom stereocenters. The predicted octanol–water partition coefficient (Wildman–Crippen LogP) is 1.36. The normalized spacial score (nSPS) is 17.4. The molecule has 0 unspecified atom stereocenters. The van der Waals surface area contributed by atoms with Gasteiger partial charge in [0.1, 0.15) is 23.2 Å². The van der Waals surface area contributed by atoms with Gasteiger partial charge in [-0.25, -0.2) is 14.8 Å². The maximum absolute atomic E-state index is 12.9. The summed E-state index contributed by atoms with van der Waals surface area (Å²) in [4.78, 5) is 35.8. The van der Waals surface area contributed by atoms with Gasteiger partial charge in [-0.05, 0) is 20.3 Å². The second-order valence-corrected chi connectivity index (χ2v) is 6.30. The van der Waals surface area contributed by atoms with Crippen molar-refractivity contribution >= 4 is 11.6 Å². The lowest BCUT2D eigenvalue weighted by atomic mass is 10.2. The van der Waals surface area contributed by atoms with Crippen LogP contribution in [0.25, 0.3) is 0 Å². The van der Waals surface area contributed by atoms with Gasteiger partial charge in [0, 0.05) is 37.8 Å². The largest absolute Gasteiger partial charge is 0.433 e. The average molecular weight is 384 g/mol. The minimum absolute atomic E-state index is 0.0229. The van der Waals surface area contributed by atoms with E-state index < -0.39 is 23.1 Å². The van der Waals surface area contributed by atoms with Gasteiger partial charge in [-0.15, -0.1) is 0 Å². The highest BCUT2D eigenvalue weighted by atomic mass is 19.4. The third-order valence-electron chi connectivity index (χ3n) is 4.33. The molecule has 27 heavy (non-hydrogen) atoms. The molecule has 146 valence electrons. The maximum Gasteiger partial charge on any atom is 0.433 e. The third kappa shape index (κ3) is 4.12. The fourth-order valence-electron chi connectivity index (χ4n) is 3.07. The molecule has 1 aliphatic heterocycles. The van der Waals surface area contributed by atoms with Crippen molar-refractivity contribution in [2.75, 3.05) is 23.3 Å². The summed E-state index contributed by atoms with van der Waals surface area (Å²) in [6.07, 6.45) is -3.93. The molecule has 3 rings (SSSR count). The number of hydrogen-bond donors (Lipinski definition) is 2. The van der Waals surface area contributed by atoms with Crippen LogP contribution >= 0.6 is 0 Å². The van der Waals surface area contributed by atoms with Crippen LogP contribution in [0.5, 0.6) is 0 Å². The van der Waals surface area contributed by atoms with Crippen molar-refractivity contribution in [3.05, 3.63) is 44.5 Å². The van der Waals surface area contributed by atoms with Gasteiger partial charge in [0.25, 0.3) is 5.56 Å². The van der Waals surface area contributed by atoms with Gasteiger partial charge in [0.05, 0.1) is 0 Å². The molecule has 3 heterocycles. The smallest absolute Gasteiger partial charge is 0.365 e. The molecule has 1 fully saturated rings. The Bertz CT molecular complexity index is 921. The molecular formula is C16H19F3N6O2. The second-order valence-electron chi connectivity index (χ2n) is 6.30. The molecule has 0 aliphatic carbocycles. The Kier molecular flexibility index (Phi) is 4.94. The Hall–Kier alpha value is -2.85. The van der Waals surface area contributed by atoms with E-state index in [0.717, 1.165) is 10.6 Å². The molecule has 1 aliphatic rings. The van der Waals surface area contributed by atoms with Gasteiger partial charge >= 0.3 is 11.9 Å². The fourth-order valence-corrected chi connectivity index (χ4v) is 3.07. The van der Waals surface area contributed by atoms with Crippen LogP contribution < -0.4 is 21.5 Å². The van der Waals surface area contributed by atoms with E-state index in [9.17, 15) is 22.8 Å². The number of H-pyrrole nitrogens is 1. The van der Waals surface area contributed by atoms with Crippen molar-refractivity contribution in [2.45, 2.75) is 39.0 Å². The minimum atomic E-state index is -4.55. The van der Waals surface area contributed by atoms with E-state index in [4.69, 9.17) is 0 Å². The highest BCUT2D eigenvalue weighted by Crippen LogP contribution is 2.29. The number of aryl methyl sites for hydroxylation is 1. The van der Waals surface area contributed by atoms with E-state index in [0.29, 0.717) is 25.3 Å². The number of halogens is 3. The van der Waals surface area contributed by atoms with E-state index in [1.54, 1.807) is 11.8 Å². The summed E-state index contributed by atoms with van der Waals surface area (Å²) in [5, 5.41) is 2.98. The van der Waals surface area contributed by atoms with Crippen LogP contribution in [0.15, 0.2) is 21.7 Å². The van der Waals surface area contributed by atoms with Crippen molar-refractivity contribution in [3.63, 3.8) is 0 Å². The first-order valence-corrected chi connectivity index (χ1v) is 8.46. The SMILES string of the molecule is CCn1c(=O)cc(N2CC[C@@H](Nc3cc(C(F)(F)F)nc(C)n3)C2)[nH]c1=O. The van der Waals surface area contributed by atoms with Crippen molar-refractivity contribution in [3.8, 4) is 0 Å². The average Bonchev–Trinajstić information content (AvgIpc) is 3.01. The fraction of sp³-hybridized carbons (Fsp3) is 0.500. The molecule has 0 amide bonds. The molecule has 2 aromatic rings. The summed E-state index contributed by atoms with van der Waals surface area (Å²) in [5.41, 5.74) is -1.88. The molecular weight excluding hydrogens is 365 g/mol. The first-order valence-electron chi connectivity index (χ1n) is 8.46. The molecule has 0 aromatic carbocycles. The van der Waals surface area contributed by atoms with Crippen LogP contribution in [0.3, 0.4) is 0 Å².